The van der Waals surface area contributed by atoms with Crippen LogP contribution in [0.1, 0.15) is 52.9 Å². The van der Waals surface area contributed by atoms with Crippen molar-refractivity contribution in [2.45, 2.75) is 76.7 Å². The van der Waals surface area contributed by atoms with Gasteiger partial charge in [0.1, 0.15) is 5.60 Å². The van der Waals surface area contributed by atoms with E-state index in [4.69, 9.17) is 4.74 Å². The minimum Gasteiger partial charge on any atom is -0.444 e. The minimum absolute atomic E-state index is 0. The Labute approximate surface area is 170 Å². The number of carbonyl (C=O) groups is 1. The zero-order valence-electron chi connectivity index (χ0n) is 15.7. The van der Waals surface area contributed by atoms with E-state index in [1.165, 1.54) is 7.05 Å². The fourth-order valence-electron chi connectivity index (χ4n) is 2.57. The average Bonchev–Trinajstić information content (AvgIpc) is 2.44. The predicted molar refractivity (Wildman–Crippen MR) is 106 cm³/mol. The third kappa shape index (κ3) is 11.6. The summed E-state index contributed by atoms with van der Waals surface area (Å²) in [6, 6.07) is 0.168. The monoisotopic (exact) mass is 494 g/mol. The number of ether oxygens (including phenoxy) is 1. The molecule has 6 nitrogen and oxygen atoms in total. The van der Waals surface area contributed by atoms with E-state index >= 15 is 0 Å². The highest BCUT2D eigenvalue weighted by Gasteiger charge is 2.27. The Morgan fingerprint density at radius 3 is 2.00 bits per heavy atom. The molecule has 1 fully saturated rings. The van der Waals surface area contributed by atoms with E-state index in [1.807, 2.05) is 20.8 Å². The highest BCUT2D eigenvalue weighted by Crippen LogP contribution is 2.20. The van der Waals surface area contributed by atoms with Gasteiger partial charge in [0.25, 0.3) is 0 Å². The second kappa shape index (κ2) is 11.0. The van der Waals surface area contributed by atoms with Crippen LogP contribution in [-0.2, 0) is 4.74 Å². The second-order valence-corrected chi connectivity index (χ2v) is 7.20. The van der Waals surface area contributed by atoms with Gasteiger partial charge in [-0.25, -0.2) is 4.79 Å². The molecule has 0 radical (unpaired) electrons. The number of hydrogen-bond acceptors (Lipinski definition) is 3. The van der Waals surface area contributed by atoms with Gasteiger partial charge in [-0.05, 0) is 46.5 Å². The lowest BCUT2D eigenvalue weighted by molar-refractivity contribution is -0.132. The molecule has 10 heteroatoms. The van der Waals surface area contributed by atoms with Crippen molar-refractivity contribution < 1.29 is 22.7 Å². The van der Waals surface area contributed by atoms with Crippen LogP contribution in [0.5, 0.6) is 0 Å². The molecule has 0 aromatic rings. The minimum atomic E-state index is -4.18. The van der Waals surface area contributed by atoms with Crippen LogP contribution in [0.4, 0.5) is 18.0 Å². The van der Waals surface area contributed by atoms with Gasteiger partial charge < -0.3 is 20.7 Å². The summed E-state index contributed by atoms with van der Waals surface area (Å²) < 4.78 is 41.8. The molecular weight excluding hydrogens is 464 g/mol. The Kier molecular flexibility index (Phi) is 10.6. The number of nitrogens with one attached hydrogen (secondary N) is 3. The van der Waals surface area contributed by atoms with Gasteiger partial charge in [-0.1, -0.05) is 0 Å². The van der Waals surface area contributed by atoms with Crippen LogP contribution in [0, 0.1) is 0 Å². The summed E-state index contributed by atoms with van der Waals surface area (Å²) in [4.78, 5) is 15.7. The van der Waals surface area contributed by atoms with Gasteiger partial charge in [-0.15, -0.1) is 24.0 Å². The van der Waals surface area contributed by atoms with Gasteiger partial charge in [-0.3, -0.25) is 4.99 Å². The van der Waals surface area contributed by atoms with Crippen molar-refractivity contribution >= 4 is 36.0 Å². The summed E-state index contributed by atoms with van der Waals surface area (Å²) in [6.07, 6.45) is -2.38. The van der Waals surface area contributed by atoms with Crippen molar-refractivity contribution in [1.29, 1.82) is 0 Å². The summed E-state index contributed by atoms with van der Waals surface area (Å²) in [5, 5.41) is 8.66. The number of rotatable bonds is 4. The number of carbonyl (C=O) groups excluding carboxylic acids is 1. The molecule has 3 N–H and O–H groups in total. The molecule has 0 heterocycles. The summed E-state index contributed by atoms with van der Waals surface area (Å²) in [5.74, 6) is 0.368. The smallest absolute Gasteiger partial charge is 0.407 e. The van der Waals surface area contributed by atoms with Gasteiger partial charge >= 0.3 is 12.3 Å². The van der Waals surface area contributed by atoms with E-state index in [1.54, 1.807) is 0 Å². The molecule has 0 atom stereocenters. The number of guanidine groups is 1. The first-order chi connectivity index (χ1) is 11.5. The zero-order chi connectivity index (χ0) is 19.1. The molecule has 1 aliphatic carbocycles. The summed E-state index contributed by atoms with van der Waals surface area (Å²) in [5.41, 5.74) is -0.530. The molecule has 26 heavy (non-hydrogen) atoms. The maximum Gasteiger partial charge on any atom is 0.407 e. The van der Waals surface area contributed by atoms with Gasteiger partial charge in [-0.2, -0.15) is 13.2 Å². The van der Waals surface area contributed by atoms with E-state index in [-0.39, 0.29) is 42.6 Å². The van der Waals surface area contributed by atoms with Gasteiger partial charge in [0.2, 0.25) is 0 Å². The second-order valence-electron chi connectivity index (χ2n) is 7.20. The first-order valence-corrected chi connectivity index (χ1v) is 8.52. The predicted octanol–water partition coefficient (Wildman–Crippen LogP) is 3.56. The molecule has 1 aliphatic rings. The highest BCUT2D eigenvalue weighted by molar-refractivity contribution is 14.0. The molecule has 1 saturated carbocycles. The van der Waals surface area contributed by atoms with Crippen LogP contribution in [0.25, 0.3) is 0 Å². The van der Waals surface area contributed by atoms with E-state index in [0.29, 0.717) is 5.96 Å². The fraction of sp³-hybridized carbons (Fsp3) is 0.875. The first kappa shape index (κ1) is 25.1. The normalized spacial score (nSPS) is 21.4. The standard InChI is InChI=1S/C16H29F3N4O2.HI/c1-15(2,3)25-14(24)23-12-7-5-11(6-8-12)22-13(20-4)21-10-9-16(17,18)19;/h11-12H,5-10H2,1-4H3,(H,23,24)(H2,20,21,22);1H. The summed E-state index contributed by atoms with van der Waals surface area (Å²) in [6.45, 7) is 5.22. The van der Waals surface area contributed by atoms with Crippen LogP contribution >= 0.6 is 24.0 Å². The Bertz CT molecular complexity index is 459. The Hall–Kier alpha value is -0.940. The third-order valence-electron chi connectivity index (χ3n) is 3.71. The van der Waals surface area contributed by atoms with E-state index in [2.05, 4.69) is 20.9 Å². The van der Waals surface area contributed by atoms with Gasteiger partial charge in [0, 0.05) is 25.7 Å². The van der Waals surface area contributed by atoms with Crippen LogP contribution < -0.4 is 16.0 Å². The van der Waals surface area contributed by atoms with Crippen molar-refractivity contribution in [3.05, 3.63) is 0 Å². The zero-order valence-corrected chi connectivity index (χ0v) is 18.0. The van der Waals surface area contributed by atoms with Crippen molar-refractivity contribution in [2.24, 2.45) is 4.99 Å². The lowest BCUT2D eigenvalue weighted by atomic mass is 9.91. The molecule has 0 aromatic heterocycles. The number of aliphatic imine (C=N–C) groups is 1. The van der Waals surface area contributed by atoms with E-state index in [9.17, 15) is 18.0 Å². The van der Waals surface area contributed by atoms with Crippen LogP contribution in [0.3, 0.4) is 0 Å². The van der Waals surface area contributed by atoms with Crippen molar-refractivity contribution in [3.8, 4) is 0 Å². The summed E-state index contributed by atoms with van der Waals surface area (Å²) in [7, 11) is 1.53. The molecule has 0 spiro atoms. The van der Waals surface area contributed by atoms with Crippen molar-refractivity contribution in [3.63, 3.8) is 0 Å². The van der Waals surface area contributed by atoms with Crippen molar-refractivity contribution in [1.82, 2.24) is 16.0 Å². The van der Waals surface area contributed by atoms with Gasteiger partial charge in [0.05, 0.1) is 6.42 Å². The number of halogens is 4. The highest BCUT2D eigenvalue weighted by atomic mass is 127. The number of alkyl carbamates (subject to hydrolysis) is 1. The van der Waals surface area contributed by atoms with E-state index < -0.39 is 24.3 Å². The van der Waals surface area contributed by atoms with Crippen molar-refractivity contribution in [2.75, 3.05) is 13.6 Å². The molecule has 0 aromatic carbocycles. The topological polar surface area (TPSA) is 74.8 Å². The fourth-order valence-corrected chi connectivity index (χ4v) is 2.57. The Balaban J connectivity index is 0.00000625. The van der Waals surface area contributed by atoms with E-state index in [0.717, 1.165) is 25.7 Å². The number of alkyl halides is 3. The number of amides is 1. The Morgan fingerprint density at radius 1 is 1.08 bits per heavy atom. The molecule has 154 valence electrons. The lowest BCUT2D eigenvalue weighted by Crippen LogP contribution is -2.48. The third-order valence-corrected chi connectivity index (χ3v) is 3.71. The maximum atomic E-state index is 12.2. The number of nitrogens with zero attached hydrogens (tertiary/aromatic N) is 1. The quantitative estimate of drug-likeness (QED) is 0.318. The van der Waals surface area contributed by atoms with Gasteiger partial charge in [0.15, 0.2) is 5.96 Å². The molecule has 0 aliphatic heterocycles. The maximum absolute atomic E-state index is 12.2. The molecule has 1 rings (SSSR count). The lowest BCUT2D eigenvalue weighted by Gasteiger charge is -2.31. The molecule has 0 bridgehead atoms. The molecular formula is C16H30F3IN4O2. The molecule has 0 saturated heterocycles. The van der Waals surface area contributed by atoms with Crippen LogP contribution in [0.15, 0.2) is 4.99 Å². The first-order valence-electron chi connectivity index (χ1n) is 8.52. The largest absolute Gasteiger partial charge is 0.444 e. The average molecular weight is 494 g/mol. The SMILES string of the molecule is CN=C(NCCC(F)(F)F)NC1CCC(NC(=O)OC(C)(C)C)CC1.I. The van der Waals surface area contributed by atoms with Crippen LogP contribution in [0.2, 0.25) is 0 Å². The molecule has 0 unspecified atom stereocenters. The van der Waals surface area contributed by atoms with Crippen LogP contribution in [-0.4, -0.2) is 49.5 Å². The number of hydrogen-bond donors (Lipinski definition) is 3. The molecule has 1 amide bonds. The summed E-state index contributed by atoms with van der Waals surface area (Å²) >= 11 is 0. The Morgan fingerprint density at radius 2 is 1.58 bits per heavy atom.